The fraction of sp³-hybridized carbons (Fsp3) is 0.167. The first-order valence-corrected chi connectivity index (χ1v) is 5.10. The van der Waals surface area contributed by atoms with Crippen molar-refractivity contribution in [2.45, 2.75) is 13.8 Å². The Morgan fingerprint density at radius 1 is 1.00 bits per heavy atom. The predicted octanol–water partition coefficient (Wildman–Crippen LogP) is 3.41. The van der Waals surface area contributed by atoms with E-state index in [0.717, 1.165) is 11.3 Å². The van der Waals surface area contributed by atoms with Gasteiger partial charge in [0.1, 0.15) is 5.15 Å². The number of rotatable bonds is 1. The van der Waals surface area contributed by atoms with Gasteiger partial charge in [-0.2, -0.15) is 0 Å². The number of benzene rings is 1. The average molecular weight is 219 g/mol. The van der Waals surface area contributed by atoms with E-state index in [1.54, 1.807) is 12.4 Å². The van der Waals surface area contributed by atoms with Crippen LogP contribution in [0, 0.1) is 13.8 Å². The van der Waals surface area contributed by atoms with Crippen LogP contribution in [0.15, 0.2) is 30.6 Å². The lowest BCUT2D eigenvalue weighted by atomic mass is 10.0. The Hall–Kier alpha value is -1.41. The topological polar surface area (TPSA) is 25.8 Å². The van der Waals surface area contributed by atoms with Crippen LogP contribution in [0.1, 0.15) is 11.1 Å². The fourth-order valence-corrected chi connectivity index (χ4v) is 1.46. The quantitative estimate of drug-likeness (QED) is 0.733. The van der Waals surface area contributed by atoms with Crippen LogP contribution >= 0.6 is 11.6 Å². The first kappa shape index (κ1) is 10.1. The van der Waals surface area contributed by atoms with Crippen LogP contribution < -0.4 is 0 Å². The zero-order valence-electron chi connectivity index (χ0n) is 8.66. The largest absolute Gasteiger partial charge is 0.251 e. The Balaban J connectivity index is 2.45. The molecule has 76 valence electrons. The van der Waals surface area contributed by atoms with Gasteiger partial charge in [-0.3, -0.25) is 4.98 Å². The summed E-state index contributed by atoms with van der Waals surface area (Å²) in [7, 11) is 0. The van der Waals surface area contributed by atoms with Crippen molar-refractivity contribution in [1.29, 1.82) is 0 Å². The molecule has 0 aliphatic carbocycles. The second-order valence-electron chi connectivity index (χ2n) is 3.52. The molecule has 0 unspecified atom stereocenters. The van der Waals surface area contributed by atoms with Crippen molar-refractivity contribution in [3.05, 3.63) is 46.9 Å². The Kier molecular flexibility index (Phi) is 2.69. The van der Waals surface area contributed by atoms with Crippen LogP contribution in [0.2, 0.25) is 5.15 Å². The molecule has 0 aliphatic heterocycles. The van der Waals surface area contributed by atoms with E-state index in [-0.39, 0.29) is 0 Å². The summed E-state index contributed by atoms with van der Waals surface area (Å²) in [6, 6.07) is 6.23. The maximum absolute atomic E-state index is 5.68. The van der Waals surface area contributed by atoms with Gasteiger partial charge in [-0.25, -0.2) is 4.98 Å². The molecule has 0 amide bonds. The van der Waals surface area contributed by atoms with E-state index in [9.17, 15) is 0 Å². The maximum atomic E-state index is 5.68. The molecule has 0 N–H and O–H groups in total. The Bertz CT molecular complexity index is 477. The van der Waals surface area contributed by atoms with E-state index in [4.69, 9.17) is 11.6 Å². The minimum atomic E-state index is 0.419. The number of hydrogen-bond acceptors (Lipinski definition) is 2. The number of nitrogens with zero attached hydrogens (tertiary/aromatic N) is 2. The van der Waals surface area contributed by atoms with E-state index in [0.29, 0.717) is 5.15 Å². The summed E-state index contributed by atoms with van der Waals surface area (Å²) in [5, 5.41) is 0.419. The average Bonchev–Trinajstić information content (AvgIpc) is 2.23. The van der Waals surface area contributed by atoms with Crippen LogP contribution in [0.4, 0.5) is 0 Å². The summed E-state index contributed by atoms with van der Waals surface area (Å²) in [6.45, 7) is 4.18. The molecule has 1 aromatic carbocycles. The highest BCUT2D eigenvalue weighted by atomic mass is 35.5. The molecule has 0 saturated carbocycles. The van der Waals surface area contributed by atoms with Crippen molar-refractivity contribution < 1.29 is 0 Å². The molecule has 15 heavy (non-hydrogen) atoms. The Morgan fingerprint density at radius 3 is 2.40 bits per heavy atom. The lowest BCUT2D eigenvalue weighted by Crippen LogP contribution is -1.87. The Morgan fingerprint density at radius 2 is 1.80 bits per heavy atom. The number of hydrogen-bond donors (Lipinski definition) is 0. The first-order chi connectivity index (χ1) is 7.16. The van der Waals surface area contributed by atoms with Gasteiger partial charge < -0.3 is 0 Å². The van der Waals surface area contributed by atoms with Crippen molar-refractivity contribution in [3.63, 3.8) is 0 Å². The number of halogens is 1. The minimum absolute atomic E-state index is 0.419. The summed E-state index contributed by atoms with van der Waals surface area (Å²) in [5.41, 5.74) is 4.45. The molecular formula is C12H11ClN2. The smallest absolute Gasteiger partial charge is 0.147 e. The molecule has 0 aliphatic rings. The van der Waals surface area contributed by atoms with Crippen LogP contribution in [0.3, 0.4) is 0 Å². The molecule has 1 aromatic heterocycles. The standard InChI is InChI=1S/C12H11ClN2/c1-8-3-4-10(5-9(8)2)11-6-15-12(13)7-14-11/h3-7H,1-2H3. The summed E-state index contributed by atoms with van der Waals surface area (Å²) < 4.78 is 0. The fourth-order valence-electron chi connectivity index (χ4n) is 1.36. The molecule has 1 heterocycles. The number of aryl methyl sites for hydroxylation is 2. The van der Waals surface area contributed by atoms with Gasteiger partial charge in [0.25, 0.3) is 0 Å². The molecule has 0 saturated heterocycles. The van der Waals surface area contributed by atoms with E-state index < -0.39 is 0 Å². The van der Waals surface area contributed by atoms with Crippen molar-refractivity contribution >= 4 is 11.6 Å². The highest BCUT2D eigenvalue weighted by molar-refractivity contribution is 6.29. The second kappa shape index (κ2) is 3.99. The summed E-state index contributed by atoms with van der Waals surface area (Å²) in [6.07, 6.45) is 3.25. The van der Waals surface area contributed by atoms with E-state index in [1.165, 1.54) is 11.1 Å². The number of aromatic nitrogens is 2. The molecule has 2 aromatic rings. The SMILES string of the molecule is Cc1ccc(-c2cnc(Cl)cn2)cc1C. The van der Waals surface area contributed by atoms with Crippen molar-refractivity contribution in [2.24, 2.45) is 0 Å². The van der Waals surface area contributed by atoms with Crippen LogP contribution in [-0.2, 0) is 0 Å². The minimum Gasteiger partial charge on any atom is -0.251 e. The monoisotopic (exact) mass is 218 g/mol. The van der Waals surface area contributed by atoms with Gasteiger partial charge in [-0.05, 0) is 31.0 Å². The van der Waals surface area contributed by atoms with E-state index >= 15 is 0 Å². The highest BCUT2D eigenvalue weighted by Gasteiger charge is 2.01. The zero-order chi connectivity index (χ0) is 10.8. The van der Waals surface area contributed by atoms with Gasteiger partial charge >= 0.3 is 0 Å². The molecule has 3 heteroatoms. The third kappa shape index (κ3) is 2.16. The van der Waals surface area contributed by atoms with Gasteiger partial charge in [0.05, 0.1) is 18.1 Å². The van der Waals surface area contributed by atoms with E-state index in [2.05, 4.69) is 35.9 Å². The van der Waals surface area contributed by atoms with Gasteiger partial charge in [-0.1, -0.05) is 23.7 Å². The van der Waals surface area contributed by atoms with E-state index in [1.807, 2.05) is 6.07 Å². The van der Waals surface area contributed by atoms with Crippen LogP contribution in [0.25, 0.3) is 11.3 Å². The van der Waals surface area contributed by atoms with Crippen LogP contribution in [-0.4, -0.2) is 9.97 Å². The third-order valence-electron chi connectivity index (χ3n) is 2.42. The lowest BCUT2D eigenvalue weighted by Gasteiger charge is -2.04. The Labute approximate surface area is 94.0 Å². The van der Waals surface area contributed by atoms with Gasteiger partial charge in [0, 0.05) is 5.56 Å². The molecular weight excluding hydrogens is 208 g/mol. The molecule has 0 fully saturated rings. The molecule has 0 radical (unpaired) electrons. The molecule has 0 spiro atoms. The van der Waals surface area contributed by atoms with Gasteiger partial charge in [0.15, 0.2) is 0 Å². The lowest BCUT2D eigenvalue weighted by molar-refractivity contribution is 1.20. The molecule has 0 bridgehead atoms. The molecule has 2 rings (SSSR count). The van der Waals surface area contributed by atoms with Gasteiger partial charge in [-0.15, -0.1) is 0 Å². The van der Waals surface area contributed by atoms with Crippen molar-refractivity contribution in [3.8, 4) is 11.3 Å². The van der Waals surface area contributed by atoms with Crippen molar-refractivity contribution in [1.82, 2.24) is 9.97 Å². The second-order valence-corrected chi connectivity index (χ2v) is 3.91. The predicted molar refractivity (Wildman–Crippen MR) is 62.0 cm³/mol. The zero-order valence-corrected chi connectivity index (χ0v) is 9.42. The first-order valence-electron chi connectivity index (χ1n) is 4.72. The maximum Gasteiger partial charge on any atom is 0.147 e. The van der Waals surface area contributed by atoms with Gasteiger partial charge in [0.2, 0.25) is 0 Å². The van der Waals surface area contributed by atoms with Crippen molar-refractivity contribution in [2.75, 3.05) is 0 Å². The van der Waals surface area contributed by atoms with Crippen LogP contribution in [0.5, 0.6) is 0 Å². The third-order valence-corrected chi connectivity index (χ3v) is 2.62. The summed E-state index contributed by atoms with van der Waals surface area (Å²) in [5.74, 6) is 0. The molecule has 2 nitrogen and oxygen atoms in total. The molecule has 0 atom stereocenters. The highest BCUT2D eigenvalue weighted by Crippen LogP contribution is 2.19. The summed E-state index contributed by atoms with van der Waals surface area (Å²) in [4.78, 5) is 8.24. The summed E-state index contributed by atoms with van der Waals surface area (Å²) >= 11 is 5.68. The normalized spacial score (nSPS) is 10.3.